The largest absolute Gasteiger partial charge is 0.395 e. The monoisotopic (exact) mass is 602 g/mol. The van der Waals surface area contributed by atoms with Gasteiger partial charge in [-0.05, 0) is 40.5 Å². The van der Waals surface area contributed by atoms with Gasteiger partial charge < -0.3 is 15.0 Å². The first-order valence-corrected chi connectivity index (χ1v) is 15.2. The van der Waals surface area contributed by atoms with Crippen LogP contribution in [0.25, 0.3) is 11.0 Å². The molecule has 2 heterocycles. The first-order chi connectivity index (χ1) is 21.7. The number of benzene rings is 4. The lowest BCUT2D eigenvalue weighted by Gasteiger charge is -2.36. The minimum Gasteiger partial charge on any atom is -0.395 e. The summed E-state index contributed by atoms with van der Waals surface area (Å²) in [6.45, 7) is 2.41. The van der Waals surface area contributed by atoms with E-state index in [0.29, 0.717) is 28.5 Å². The Bertz CT molecular complexity index is 1760. The molecule has 0 saturated carbocycles. The van der Waals surface area contributed by atoms with Crippen molar-refractivity contribution in [1.29, 1.82) is 0 Å². The van der Waals surface area contributed by atoms with Gasteiger partial charge in [-0.3, -0.25) is 0 Å². The second-order valence-electron chi connectivity index (χ2n) is 9.97. The topological polar surface area (TPSA) is 104 Å². The second-order valence-corrected chi connectivity index (χ2v) is 10.8. The molecule has 0 aliphatic carbocycles. The average Bonchev–Trinajstić information content (AvgIpc) is 3.72. The molecule has 44 heavy (non-hydrogen) atoms. The van der Waals surface area contributed by atoms with Crippen molar-refractivity contribution in [3.8, 4) is 0 Å². The Labute approximate surface area is 258 Å². The summed E-state index contributed by atoms with van der Waals surface area (Å²) in [6.07, 6.45) is 1.71. The molecule has 0 fully saturated rings. The number of nitrogens with one attached hydrogen (secondary N) is 1. The Morgan fingerprint density at radius 2 is 1.45 bits per heavy atom. The summed E-state index contributed by atoms with van der Waals surface area (Å²) in [4.78, 5) is 30.5. The van der Waals surface area contributed by atoms with Crippen LogP contribution >= 0.6 is 11.3 Å². The smallest absolute Gasteiger partial charge is 0.389 e. The van der Waals surface area contributed by atoms with E-state index in [1.807, 2.05) is 66.7 Å². The molecule has 0 aliphatic rings. The number of unbranched alkanes of at least 4 members (excludes halogenated alkanes) is 1. The molecular formula is C34H30N6O3S. The number of rotatable bonds is 12. The van der Waals surface area contributed by atoms with Crippen LogP contribution in [0.15, 0.2) is 126 Å². The number of anilines is 1. The molecule has 9 nitrogen and oxygen atoms in total. The van der Waals surface area contributed by atoms with Gasteiger partial charge in [-0.25, -0.2) is 9.78 Å². The number of hydrogen-bond donors (Lipinski definition) is 1. The molecule has 0 spiro atoms. The zero-order valence-electron chi connectivity index (χ0n) is 24.0. The summed E-state index contributed by atoms with van der Waals surface area (Å²) >= 11 is 1.36. The predicted molar refractivity (Wildman–Crippen MR) is 171 cm³/mol. The molecule has 6 aromatic rings. The Morgan fingerprint density at radius 1 is 0.864 bits per heavy atom. The van der Waals surface area contributed by atoms with Crippen molar-refractivity contribution >= 4 is 39.2 Å². The van der Waals surface area contributed by atoms with Crippen molar-refractivity contribution in [1.82, 2.24) is 20.1 Å². The number of aromatic nitrogens is 4. The summed E-state index contributed by atoms with van der Waals surface area (Å²) < 4.78 is 0. The maximum Gasteiger partial charge on any atom is 0.389 e. The van der Waals surface area contributed by atoms with Crippen LogP contribution in [0, 0.1) is 0 Å². The SMILES string of the molecule is CCCCO/N=C(\C(=O)On1nnc2ccccc21)c1csc(NC(c2ccccc2)(c2ccccc2)c2ccccc2)n1. The lowest BCUT2D eigenvalue weighted by Crippen LogP contribution is -2.38. The summed E-state index contributed by atoms with van der Waals surface area (Å²) in [5, 5.41) is 18.3. The van der Waals surface area contributed by atoms with E-state index in [9.17, 15) is 4.79 Å². The third kappa shape index (κ3) is 5.93. The molecule has 0 bridgehead atoms. The Kier molecular flexibility index (Phi) is 8.70. The Balaban J connectivity index is 1.39. The zero-order chi connectivity index (χ0) is 30.2. The molecule has 10 heteroatoms. The highest BCUT2D eigenvalue weighted by Gasteiger charge is 2.37. The highest BCUT2D eigenvalue weighted by atomic mass is 32.1. The number of fused-ring (bicyclic) bond motifs is 1. The van der Waals surface area contributed by atoms with Gasteiger partial charge in [-0.1, -0.05) is 126 Å². The minimum atomic E-state index is -0.784. The highest BCUT2D eigenvalue weighted by Crippen LogP contribution is 2.40. The molecule has 0 saturated heterocycles. The molecule has 6 rings (SSSR count). The van der Waals surface area contributed by atoms with Gasteiger partial charge in [0.2, 0.25) is 5.71 Å². The van der Waals surface area contributed by atoms with Crippen LogP contribution in [-0.4, -0.2) is 38.4 Å². The van der Waals surface area contributed by atoms with E-state index in [-0.39, 0.29) is 5.71 Å². The number of oxime groups is 1. The fourth-order valence-electron chi connectivity index (χ4n) is 4.93. The van der Waals surface area contributed by atoms with Crippen molar-refractivity contribution in [2.45, 2.75) is 25.3 Å². The van der Waals surface area contributed by atoms with Crippen LogP contribution in [0.1, 0.15) is 42.1 Å². The number of carbonyl (C=O) groups is 1. The third-order valence-electron chi connectivity index (χ3n) is 7.09. The number of thiazole rings is 1. The van der Waals surface area contributed by atoms with Gasteiger partial charge in [-0.2, -0.15) is 0 Å². The zero-order valence-corrected chi connectivity index (χ0v) is 24.9. The first-order valence-electron chi connectivity index (χ1n) is 14.3. The molecule has 1 N–H and O–H groups in total. The Morgan fingerprint density at radius 3 is 2.07 bits per heavy atom. The summed E-state index contributed by atoms with van der Waals surface area (Å²) in [5.41, 5.74) is 3.69. The van der Waals surface area contributed by atoms with Gasteiger partial charge in [-0.15, -0.1) is 16.4 Å². The van der Waals surface area contributed by atoms with Crippen molar-refractivity contribution in [2.75, 3.05) is 11.9 Å². The van der Waals surface area contributed by atoms with E-state index in [4.69, 9.17) is 14.7 Å². The van der Waals surface area contributed by atoms with E-state index in [0.717, 1.165) is 34.4 Å². The molecule has 4 aromatic carbocycles. The number of nitrogens with zero attached hydrogens (tertiary/aromatic N) is 5. The van der Waals surface area contributed by atoms with Gasteiger partial charge in [0.25, 0.3) is 0 Å². The van der Waals surface area contributed by atoms with Gasteiger partial charge in [0.1, 0.15) is 28.9 Å². The molecule has 0 amide bonds. The third-order valence-corrected chi connectivity index (χ3v) is 7.85. The van der Waals surface area contributed by atoms with Gasteiger partial charge in [0, 0.05) is 5.38 Å². The lowest BCUT2D eigenvalue weighted by molar-refractivity contribution is -0.137. The summed E-state index contributed by atoms with van der Waals surface area (Å²) in [7, 11) is 0. The number of carbonyl (C=O) groups excluding carboxylic acids is 1. The molecule has 0 aliphatic heterocycles. The second kappa shape index (κ2) is 13.3. The van der Waals surface area contributed by atoms with E-state index in [2.05, 4.69) is 64.1 Å². The van der Waals surface area contributed by atoms with E-state index in [1.54, 1.807) is 17.5 Å². The maximum atomic E-state index is 13.5. The average molecular weight is 603 g/mol. The van der Waals surface area contributed by atoms with Gasteiger partial charge >= 0.3 is 5.97 Å². The molecule has 220 valence electrons. The van der Waals surface area contributed by atoms with E-state index >= 15 is 0 Å². The van der Waals surface area contributed by atoms with E-state index in [1.165, 1.54) is 11.3 Å². The van der Waals surface area contributed by atoms with Gasteiger partial charge in [0.05, 0.1) is 0 Å². The molecule has 0 unspecified atom stereocenters. The normalized spacial score (nSPS) is 11.8. The van der Waals surface area contributed by atoms with Crippen LogP contribution in [0.5, 0.6) is 0 Å². The van der Waals surface area contributed by atoms with E-state index < -0.39 is 11.5 Å². The molecule has 2 aromatic heterocycles. The van der Waals surface area contributed by atoms with Crippen LogP contribution in [-0.2, 0) is 15.2 Å². The quantitative estimate of drug-likeness (QED) is 0.0563. The van der Waals surface area contributed by atoms with Crippen LogP contribution in [0.3, 0.4) is 0 Å². The fourth-order valence-corrected chi connectivity index (χ4v) is 5.68. The van der Waals surface area contributed by atoms with Crippen LogP contribution < -0.4 is 10.2 Å². The van der Waals surface area contributed by atoms with Crippen LogP contribution in [0.2, 0.25) is 0 Å². The van der Waals surface area contributed by atoms with Crippen LogP contribution in [0.4, 0.5) is 5.13 Å². The maximum absolute atomic E-state index is 13.5. The first kappa shape index (κ1) is 28.8. The van der Waals surface area contributed by atoms with Crippen molar-refractivity contribution < 1.29 is 14.5 Å². The van der Waals surface area contributed by atoms with Crippen molar-refractivity contribution in [2.24, 2.45) is 5.16 Å². The molecular weight excluding hydrogens is 572 g/mol. The highest BCUT2D eigenvalue weighted by molar-refractivity contribution is 7.14. The lowest BCUT2D eigenvalue weighted by atomic mass is 9.77. The van der Waals surface area contributed by atoms with Gasteiger partial charge in [0.15, 0.2) is 5.13 Å². The fraction of sp³-hybridized carbons (Fsp3) is 0.147. The predicted octanol–water partition coefficient (Wildman–Crippen LogP) is 6.47. The summed E-state index contributed by atoms with van der Waals surface area (Å²) in [5.74, 6) is -0.769. The molecule has 0 atom stereocenters. The number of para-hydroxylation sites is 1. The minimum absolute atomic E-state index is 0.0743. The molecule has 0 radical (unpaired) electrons. The van der Waals surface area contributed by atoms with Crippen molar-refractivity contribution in [3.63, 3.8) is 0 Å². The summed E-state index contributed by atoms with van der Waals surface area (Å²) in [6, 6.07) is 37.9. The van der Waals surface area contributed by atoms with Crippen molar-refractivity contribution in [3.05, 3.63) is 143 Å². The Hall–Kier alpha value is -5.35. The standard InChI is InChI=1S/C34H30N6O3S/c1-2-3-23-42-38-31(32(41)43-40-30-22-14-13-21-28(30)37-39-40)29-24-44-33(35-29)36-34(25-15-7-4-8-16-25,26-17-9-5-10-18-26)27-19-11-6-12-20-27/h4-22,24H,2-3,23H2,1H3,(H,35,36)/b38-31-. The number of hydrogen-bond acceptors (Lipinski definition) is 9.